The van der Waals surface area contributed by atoms with Gasteiger partial charge in [-0.3, -0.25) is 4.79 Å². The van der Waals surface area contributed by atoms with Crippen molar-refractivity contribution >= 4 is 15.7 Å². The summed E-state index contributed by atoms with van der Waals surface area (Å²) in [6.45, 7) is 8.68. The molecule has 7 heteroatoms. The largest absolute Gasteiger partial charge is 0.493 e. The van der Waals surface area contributed by atoms with Gasteiger partial charge in [-0.05, 0) is 93.8 Å². The number of rotatable bonds is 10. The monoisotopic (exact) mass is 501 g/mol. The van der Waals surface area contributed by atoms with Crippen LogP contribution < -0.4 is 14.8 Å². The van der Waals surface area contributed by atoms with E-state index in [1.54, 1.807) is 24.3 Å². The second kappa shape index (κ2) is 11.5. The van der Waals surface area contributed by atoms with Crippen molar-refractivity contribution in [1.82, 2.24) is 5.32 Å². The molecule has 0 saturated heterocycles. The molecule has 0 radical (unpaired) electrons. The number of ether oxygens (including phenoxy) is 2. The van der Waals surface area contributed by atoms with Crippen LogP contribution in [0.3, 0.4) is 0 Å². The number of sulfone groups is 1. The Bertz CT molecular complexity index is 1100. The van der Waals surface area contributed by atoms with Gasteiger partial charge in [0.1, 0.15) is 11.5 Å². The summed E-state index contributed by atoms with van der Waals surface area (Å²) in [6.07, 6.45) is 6.26. The van der Waals surface area contributed by atoms with Crippen LogP contribution in [-0.4, -0.2) is 39.3 Å². The molecule has 1 aliphatic rings. The molecule has 0 bridgehead atoms. The zero-order valence-electron chi connectivity index (χ0n) is 21.6. The first kappa shape index (κ1) is 27.1. The number of carbonyl (C=O) groups is 1. The molecular weight excluding hydrogens is 462 g/mol. The van der Waals surface area contributed by atoms with Crippen LogP contribution in [0.1, 0.15) is 63.5 Å². The quantitative estimate of drug-likeness (QED) is 0.441. The maximum Gasteiger partial charge on any atom is 0.225 e. The second-order valence-corrected chi connectivity index (χ2v) is 12.4. The summed E-state index contributed by atoms with van der Waals surface area (Å²) >= 11 is 0. The van der Waals surface area contributed by atoms with Crippen LogP contribution in [0.25, 0.3) is 0 Å². The summed E-state index contributed by atoms with van der Waals surface area (Å²) in [5.74, 6) is 1.68. The van der Waals surface area contributed by atoms with Gasteiger partial charge in [0.05, 0.1) is 17.6 Å². The number of hydrogen-bond donors (Lipinski definition) is 1. The predicted octanol–water partition coefficient (Wildman–Crippen LogP) is 5.40. The summed E-state index contributed by atoms with van der Waals surface area (Å²) in [7, 11) is -3.21. The molecule has 2 aromatic carbocycles. The summed E-state index contributed by atoms with van der Waals surface area (Å²) < 4.78 is 35.2. The molecule has 2 aromatic rings. The predicted molar refractivity (Wildman–Crippen MR) is 139 cm³/mol. The van der Waals surface area contributed by atoms with Gasteiger partial charge in [-0.15, -0.1) is 0 Å². The normalized spacial score (nSPS) is 18.7. The van der Waals surface area contributed by atoms with Gasteiger partial charge in [0.25, 0.3) is 0 Å². The van der Waals surface area contributed by atoms with Crippen molar-refractivity contribution in [3.8, 4) is 11.5 Å². The fraction of sp³-hybridized carbons (Fsp3) is 0.536. The van der Waals surface area contributed by atoms with E-state index in [2.05, 4.69) is 30.4 Å². The lowest BCUT2D eigenvalue weighted by atomic mass is 9.85. The Morgan fingerprint density at radius 3 is 2.31 bits per heavy atom. The lowest BCUT2D eigenvalue weighted by Gasteiger charge is -2.32. The van der Waals surface area contributed by atoms with Gasteiger partial charge in [0.2, 0.25) is 5.91 Å². The smallest absolute Gasteiger partial charge is 0.225 e. The summed E-state index contributed by atoms with van der Waals surface area (Å²) in [5, 5.41) is 3.24. The van der Waals surface area contributed by atoms with Gasteiger partial charge in [-0.2, -0.15) is 0 Å². The van der Waals surface area contributed by atoms with Gasteiger partial charge in [-0.1, -0.05) is 26.0 Å². The van der Waals surface area contributed by atoms with Crippen molar-refractivity contribution in [3.63, 3.8) is 0 Å². The van der Waals surface area contributed by atoms with Crippen molar-refractivity contribution in [2.75, 3.05) is 12.9 Å². The molecular formula is C28H39NO5S. The molecule has 6 nitrogen and oxygen atoms in total. The summed E-state index contributed by atoms with van der Waals surface area (Å²) in [4.78, 5) is 13.2. The maximum atomic E-state index is 12.9. The fourth-order valence-corrected chi connectivity index (χ4v) is 4.97. The fourth-order valence-electron chi connectivity index (χ4n) is 4.34. The van der Waals surface area contributed by atoms with Crippen LogP contribution in [-0.2, 0) is 14.6 Å². The Kier molecular flexibility index (Phi) is 8.86. The number of amides is 1. The number of hydrogen-bond acceptors (Lipinski definition) is 5. The van der Waals surface area contributed by atoms with E-state index in [-0.39, 0.29) is 22.9 Å². The third-order valence-corrected chi connectivity index (χ3v) is 7.85. The third kappa shape index (κ3) is 7.99. The minimum atomic E-state index is -3.21. The Balaban J connectivity index is 1.39. The maximum absolute atomic E-state index is 12.9. The van der Waals surface area contributed by atoms with Gasteiger partial charge in [0, 0.05) is 17.7 Å². The first-order valence-electron chi connectivity index (χ1n) is 12.4. The van der Waals surface area contributed by atoms with Gasteiger partial charge in [-0.25, -0.2) is 8.42 Å². The Morgan fingerprint density at radius 1 is 1.03 bits per heavy atom. The van der Waals surface area contributed by atoms with Gasteiger partial charge >= 0.3 is 0 Å². The summed E-state index contributed by atoms with van der Waals surface area (Å²) in [6, 6.07) is 12.9. The van der Waals surface area contributed by atoms with Gasteiger partial charge in [0.15, 0.2) is 9.84 Å². The van der Waals surface area contributed by atoms with Gasteiger partial charge < -0.3 is 14.8 Å². The van der Waals surface area contributed by atoms with Crippen molar-refractivity contribution in [2.45, 2.75) is 83.3 Å². The van der Waals surface area contributed by atoms with E-state index >= 15 is 0 Å². The first-order chi connectivity index (χ1) is 16.4. The SMILES string of the molecule is Cc1ccc(C)c(OCCCC(C)(C)C(=O)NC2CCC(Oc3ccc(S(C)(=O)=O)cc3)CC2)c1. The molecule has 192 valence electrons. The van der Waals surface area contributed by atoms with Crippen LogP contribution >= 0.6 is 0 Å². The highest BCUT2D eigenvalue weighted by Gasteiger charge is 2.31. The van der Waals surface area contributed by atoms with E-state index in [0.29, 0.717) is 12.4 Å². The number of benzene rings is 2. The van der Waals surface area contributed by atoms with Crippen molar-refractivity contribution in [2.24, 2.45) is 5.41 Å². The Labute approximate surface area is 210 Å². The second-order valence-electron chi connectivity index (χ2n) is 10.4. The molecule has 35 heavy (non-hydrogen) atoms. The highest BCUT2D eigenvalue weighted by atomic mass is 32.2. The molecule has 1 amide bonds. The molecule has 1 N–H and O–H groups in total. The van der Waals surface area contributed by atoms with Crippen LogP contribution in [0, 0.1) is 19.3 Å². The van der Waals surface area contributed by atoms with Crippen molar-refractivity contribution in [3.05, 3.63) is 53.6 Å². The number of aryl methyl sites for hydroxylation is 2. The first-order valence-corrected chi connectivity index (χ1v) is 14.3. The van der Waals surface area contributed by atoms with Crippen molar-refractivity contribution < 1.29 is 22.7 Å². The van der Waals surface area contributed by atoms with Crippen LogP contribution in [0.4, 0.5) is 0 Å². The minimum Gasteiger partial charge on any atom is -0.493 e. The molecule has 0 atom stereocenters. The molecule has 1 fully saturated rings. The Hall–Kier alpha value is -2.54. The molecule has 0 aliphatic heterocycles. The van der Waals surface area contributed by atoms with E-state index < -0.39 is 15.3 Å². The zero-order valence-corrected chi connectivity index (χ0v) is 22.4. The number of nitrogens with one attached hydrogen (secondary N) is 1. The third-order valence-electron chi connectivity index (χ3n) is 6.73. The highest BCUT2D eigenvalue weighted by molar-refractivity contribution is 7.90. The van der Waals surface area contributed by atoms with E-state index in [4.69, 9.17) is 9.47 Å². The topological polar surface area (TPSA) is 81.7 Å². The average molecular weight is 502 g/mol. The molecule has 1 saturated carbocycles. The van der Waals surface area contributed by atoms with Crippen LogP contribution in [0.2, 0.25) is 0 Å². The standard InChI is InChI=1S/C28H39NO5S/c1-20-7-8-21(2)26(19-20)33-18-6-17-28(3,4)27(30)29-22-9-11-23(12-10-22)34-24-13-15-25(16-14-24)35(5,31)32/h7-8,13-16,19,22-23H,6,9-12,17-18H2,1-5H3,(H,29,30). The average Bonchev–Trinajstić information content (AvgIpc) is 2.80. The lowest BCUT2D eigenvalue weighted by Crippen LogP contribution is -2.45. The van der Waals surface area contributed by atoms with E-state index in [0.717, 1.165) is 49.8 Å². The lowest BCUT2D eigenvalue weighted by molar-refractivity contribution is -0.130. The van der Waals surface area contributed by atoms with Crippen LogP contribution in [0.5, 0.6) is 11.5 Å². The molecule has 0 unspecified atom stereocenters. The highest BCUT2D eigenvalue weighted by Crippen LogP contribution is 2.28. The minimum absolute atomic E-state index is 0.0717. The Morgan fingerprint density at radius 2 is 1.69 bits per heavy atom. The summed E-state index contributed by atoms with van der Waals surface area (Å²) in [5.41, 5.74) is 1.84. The molecule has 1 aliphatic carbocycles. The molecule has 3 rings (SSSR count). The van der Waals surface area contributed by atoms with E-state index in [1.807, 2.05) is 20.8 Å². The van der Waals surface area contributed by atoms with Crippen molar-refractivity contribution in [1.29, 1.82) is 0 Å². The molecule has 0 aromatic heterocycles. The van der Waals surface area contributed by atoms with Crippen LogP contribution in [0.15, 0.2) is 47.4 Å². The van der Waals surface area contributed by atoms with E-state index in [1.165, 1.54) is 11.8 Å². The molecule has 0 spiro atoms. The number of carbonyl (C=O) groups excluding carboxylic acids is 1. The molecule has 0 heterocycles. The zero-order chi connectivity index (χ0) is 25.6. The van der Waals surface area contributed by atoms with E-state index in [9.17, 15) is 13.2 Å².